The molecule has 0 aliphatic carbocycles. The Balaban J connectivity index is 1.90. The lowest BCUT2D eigenvalue weighted by Gasteiger charge is -2.29. The van der Waals surface area contributed by atoms with Crippen LogP contribution in [-0.2, 0) is 13.0 Å². The molecule has 2 aromatic rings. The predicted octanol–water partition coefficient (Wildman–Crippen LogP) is 6.04. The van der Waals surface area contributed by atoms with Gasteiger partial charge in [0, 0.05) is 51.4 Å². The van der Waals surface area contributed by atoms with Crippen LogP contribution in [0.25, 0.3) is 0 Å². The van der Waals surface area contributed by atoms with E-state index in [4.69, 9.17) is 34.8 Å². The Morgan fingerprint density at radius 2 is 2.04 bits per heavy atom. The quantitative estimate of drug-likeness (QED) is 0.601. The molecule has 0 spiro atoms. The highest BCUT2D eigenvalue weighted by Crippen LogP contribution is 2.53. The number of hydrogen-bond acceptors (Lipinski definition) is 3. The predicted molar refractivity (Wildman–Crippen MR) is 104 cm³/mol. The molecule has 1 aliphatic rings. The van der Waals surface area contributed by atoms with Gasteiger partial charge in [-0.25, -0.2) is 4.98 Å². The Kier molecular flexibility index (Phi) is 5.80. The van der Waals surface area contributed by atoms with E-state index in [9.17, 15) is 0 Å². The first kappa shape index (κ1) is 17.8. The molecule has 3 rings (SSSR count). The van der Waals surface area contributed by atoms with Crippen molar-refractivity contribution in [1.29, 1.82) is 0 Å². The molecule has 7 heteroatoms. The lowest BCUT2D eigenvalue weighted by molar-refractivity contribution is 0.625. The fourth-order valence-electron chi connectivity index (χ4n) is 2.72. The molecular formula is C16H17Cl3N2S2. The molecule has 0 saturated carbocycles. The summed E-state index contributed by atoms with van der Waals surface area (Å²) in [5.74, 6) is 1.15. The largest absolute Gasteiger partial charge is 0.335 e. The third-order valence-electron chi connectivity index (χ3n) is 3.90. The molecule has 2 nitrogen and oxygen atoms in total. The van der Waals surface area contributed by atoms with Crippen LogP contribution in [-0.4, -0.2) is 24.6 Å². The molecule has 0 bridgehead atoms. The van der Waals surface area contributed by atoms with Crippen molar-refractivity contribution in [2.24, 2.45) is 0 Å². The van der Waals surface area contributed by atoms with E-state index in [1.165, 1.54) is 6.42 Å². The maximum atomic E-state index is 6.42. The van der Waals surface area contributed by atoms with Crippen LogP contribution in [0.3, 0.4) is 0 Å². The zero-order valence-corrected chi connectivity index (χ0v) is 16.5. The van der Waals surface area contributed by atoms with Crippen LogP contribution in [0.4, 0.5) is 0 Å². The van der Waals surface area contributed by atoms with Gasteiger partial charge in [0.2, 0.25) is 0 Å². The molecular weight excluding hydrogens is 391 g/mol. The first-order valence-electron chi connectivity index (χ1n) is 7.42. The van der Waals surface area contributed by atoms with Crippen molar-refractivity contribution in [3.63, 3.8) is 0 Å². The smallest absolute Gasteiger partial charge is 0.0946 e. The lowest BCUT2D eigenvalue weighted by atomic mass is 10.1. The molecule has 1 saturated heterocycles. The van der Waals surface area contributed by atoms with Gasteiger partial charge in [-0.05, 0) is 24.1 Å². The third kappa shape index (κ3) is 4.16. The summed E-state index contributed by atoms with van der Waals surface area (Å²) in [4.78, 5) is 4.16. The number of halogens is 3. The van der Waals surface area contributed by atoms with E-state index in [2.05, 4.69) is 16.5 Å². The summed E-state index contributed by atoms with van der Waals surface area (Å²) in [7, 11) is 0. The zero-order chi connectivity index (χ0) is 16.4. The van der Waals surface area contributed by atoms with Gasteiger partial charge in [-0.2, -0.15) is 0 Å². The van der Waals surface area contributed by atoms with Crippen LogP contribution in [0.2, 0.25) is 15.1 Å². The number of rotatable bonds is 5. The molecule has 124 valence electrons. The molecule has 2 atom stereocenters. The van der Waals surface area contributed by atoms with Gasteiger partial charge in [0.05, 0.1) is 10.4 Å². The first-order valence-corrected chi connectivity index (χ1v) is 10.4. The fourth-order valence-corrected chi connectivity index (χ4v) is 7.47. The fraction of sp³-hybridized carbons (Fsp3) is 0.438. The molecule has 1 fully saturated rings. The molecule has 0 radical (unpaired) electrons. The first-order chi connectivity index (χ1) is 11.0. The molecule has 1 aromatic heterocycles. The number of hydrogen-bond donors (Lipinski definition) is 0. The van der Waals surface area contributed by atoms with Gasteiger partial charge >= 0.3 is 0 Å². The lowest BCUT2D eigenvalue weighted by Crippen LogP contribution is -2.28. The van der Waals surface area contributed by atoms with Crippen molar-refractivity contribution in [3.8, 4) is 0 Å². The van der Waals surface area contributed by atoms with Gasteiger partial charge in [0.25, 0.3) is 0 Å². The average Bonchev–Trinajstić information content (AvgIpc) is 3.13. The van der Waals surface area contributed by atoms with Crippen LogP contribution in [0, 0.1) is 0 Å². The Morgan fingerprint density at radius 1 is 1.30 bits per heavy atom. The molecule has 0 N–H and O–H groups in total. The van der Waals surface area contributed by atoms with Crippen LogP contribution in [0.5, 0.6) is 0 Å². The Hall–Kier alpha value is -0.000000000000000167. The van der Waals surface area contributed by atoms with Crippen molar-refractivity contribution in [3.05, 3.63) is 51.5 Å². The highest BCUT2D eigenvalue weighted by Gasteiger charge is 2.41. The molecule has 1 aliphatic heterocycles. The SMILES string of the molecule is CCC1CSC(Cc2c(Cl)cc(Cl)cc2Cl)(Cn2ccnc2)S1. The summed E-state index contributed by atoms with van der Waals surface area (Å²) in [6.45, 7) is 3.13. The molecule has 1 aromatic carbocycles. The van der Waals surface area contributed by atoms with Crippen molar-refractivity contribution >= 4 is 58.3 Å². The maximum Gasteiger partial charge on any atom is 0.0946 e. The second-order valence-corrected chi connectivity index (χ2v) is 10.2. The maximum absolute atomic E-state index is 6.42. The van der Waals surface area contributed by atoms with E-state index < -0.39 is 0 Å². The van der Waals surface area contributed by atoms with E-state index in [1.807, 2.05) is 42.2 Å². The number of thioether (sulfide) groups is 2. The van der Waals surface area contributed by atoms with Gasteiger partial charge < -0.3 is 4.57 Å². The number of aromatic nitrogens is 2. The molecule has 23 heavy (non-hydrogen) atoms. The van der Waals surface area contributed by atoms with E-state index in [0.29, 0.717) is 20.3 Å². The van der Waals surface area contributed by atoms with E-state index in [-0.39, 0.29) is 4.08 Å². The second-order valence-electron chi connectivity index (χ2n) is 5.63. The highest BCUT2D eigenvalue weighted by molar-refractivity contribution is 8.21. The summed E-state index contributed by atoms with van der Waals surface area (Å²) in [6, 6.07) is 3.55. The summed E-state index contributed by atoms with van der Waals surface area (Å²) in [6.07, 6.45) is 7.68. The van der Waals surface area contributed by atoms with E-state index >= 15 is 0 Å². The van der Waals surface area contributed by atoms with E-state index in [0.717, 1.165) is 24.3 Å². The molecule has 2 unspecified atom stereocenters. The van der Waals surface area contributed by atoms with E-state index in [1.54, 1.807) is 12.1 Å². The number of nitrogens with zero attached hydrogens (tertiary/aromatic N) is 2. The number of benzene rings is 1. The van der Waals surface area contributed by atoms with Gasteiger partial charge in [-0.15, -0.1) is 23.5 Å². The van der Waals surface area contributed by atoms with Gasteiger partial charge in [-0.3, -0.25) is 0 Å². The monoisotopic (exact) mass is 406 g/mol. The van der Waals surface area contributed by atoms with Crippen LogP contribution >= 0.6 is 58.3 Å². The summed E-state index contributed by atoms with van der Waals surface area (Å²) < 4.78 is 2.15. The van der Waals surface area contributed by atoms with Crippen LogP contribution < -0.4 is 0 Å². The van der Waals surface area contributed by atoms with Crippen molar-refractivity contribution in [2.45, 2.75) is 35.6 Å². The zero-order valence-electron chi connectivity index (χ0n) is 12.6. The summed E-state index contributed by atoms with van der Waals surface area (Å²) in [5.41, 5.74) is 0.981. The summed E-state index contributed by atoms with van der Waals surface area (Å²) >= 11 is 22.9. The Labute approximate surface area is 160 Å². The minimum absolute atomic E-state index is 0.0164. The standard InChI is InChI=1S/C16H17Cl3N2S2/c1-2-12-8-22-16(23-12,9-21-4-3-20-10-21)7-13-14(18)5-11(17)6-15(13)19/h3-6,10,12H,2,7-9H2,1H3. The third-order valence-corrected chi connectivity index (χ3v) is 8.55. The van der Waals surface area contributed by atoms with Crippen molar-refractivity contribution < 1.29 is 0 Å². The minimum Gasteiger partial charge on any atom is -0.335 e. The normalized spacial score (nSPS) is 24.3. The molecule has 0 amide bonds. The van der Waals surface area contributed by atoms with Crippen LogP contribution in [0.1, 0.15) is 18.9 Å². The Bertz CT molecular complexity index is 655. The van der Waals surface area contributed by atoms with Crippen molar-refractivity contribution in [1.82, 2.24) is 9.55 Å². The second kappa shape index (κ2) is 7.49. The number of imidazole rings is 1. The topological polar surface area (TPSA) is 17.8 Å². The van der Waals surface area contributed by atoms with Crippen molar-refractivity contribution in [2.75, 3.05) is 5.75 Å². The van der Waals surface area contributed by atoms with Crippen LogP contribution in [0.15, 0.2) is 30.9 Å². The van der Waals surface area contributed by atoms with Gasteiger partial charge in [-0.1, -0.05) is 41.7 Å². The summed E-state index contributed by atoms with van der Waals surface area (Å²) in [5, 5.41) is 2.53. The van der Waals surface area contributed by atoms with Gasteiger partial charge in [0.1, 0.15) is 0 Å². The minimum atomic E-state index is 0.0164. The highest BCUT2D eigenvalue weighted by atomic mass is 35.5. The van der Waals surface area contributed by atoms with Gasteiger partial charge in [0.15, 0.2) is 0 Å². The Morgan fingerprint density at radius 3 is 2.61 bits per heavy atom. The average molecular weight is 408 g/mol. The molecule has 2 heterocycles.